The number of amides is 2. The lowest BCUT2D eigenvalue weighted by molar-refractivity contribution is -0.122. The minimum absolute atomic E-state index is 0.0431. The molecule has 0 fully saturated rings. The van der Waals surface area contributed by atoms with Crippen molar-refractivity contribution in [3.8, 4) is 0 Å². The Hall–Kier alpha value is -1.14. The summed E-state index contributed by atoms with van der Waals surface area (Å²) < 4.78 is 0. The topological polar surface area (TPSA) is 127 Å². The van der Waals surface area contributed by atoms with Crippen molar-refractivity contribution in [1.29, 1.82) is 0 Å². The molecule has 0 bridgehead atoms. The SMILES string of the molecule is CCC(CCO)C(N)=O.CCC(CO)CC(N)=O. The largest absolute Gasteiger partial charge is 0.396 e. The minimum Gasteiger partial charge on any atom is -0.396 e. The summed E-state index contributed by atoms with van der Waals surface area (Å²) >= 11 is 0. The van der Waals surface area contributed by atoms with Gasteiger partial charge in [-0.25, -0.2) is 0 Å². The molecule has 2 unspecified atom stereocenters. The molecule has 0 saturated carbocycles. The van der Waals surface area contributed by atoms with Gasteiger partial charge >= 0.3 is 0 Å². The molecule has 0 saturated heterocycles. The van der Waals surface area contributed by atoms with E-state index in [1.165, 1.54) is 0 Å². The highest BCUT2D eigenvalue weighted by atomic mass is 16.3. The van der Waals surface area contributed by atoms with Gasteiger partial charge in [-0.15, -0.1) is 0 Å². The number of aliphatic hydroxyl groups excluding tert-OH is 2. The van der Waals surface area contributed by atoms with E-state index >= 15 is 0 Å². The number of nitrogens with two attached hydrogens (primary N) is 2. The molecule has 6 nitrogen and oxygen atoms in total. The van der Waals surface area contributed by atoms with E-state index in [4.69, 9.17) is 21.7 Å². The first-order valence-corrected chi connectivity index (χ1v) is 6.22. The number of carbonyl (C=O) groups excluding carboxylic acids is 2. The molecule has 2 amide bonds. The molecule has 0 spiro atoms. The van der Waals surface area contributed by atoms with E-state index in [-0.39, 0.29) is 36.9 Å². The lowest BCUT2D eigenvalue weighted by atomic mass is 10.0. The van der Waals surface area contributed by atoms with Crippen LogP contribution in [0.15, 0.2) is 0 Å². The van der Waals surface area contributed by atoms with E-state index in [2.05, 4.69) is 0 Å². The molecule has 2 atom stereocenters. The third-order valence-corrected chi connectivity index (χ3v) is 2.70. The fourth-order valence-electron chi connectivity index (χ4n) is 1.33. The molecule has 0 aliphatic heterocycles. The Morgan fingerprint density at radius 3 is 1.78 bits per heavy atom. The zero-order chi connectivity index (χ0) is 14.6. The minimum atomic E-state index is -0.337. The van der Waals surface area contributed by atoms with Crippen LogP contribution >= 0.6 is 0 Å². The monoisotopic (exact) mass is 262 g/mol. The molecule has 6 heteroatoms. The highest BCUT2D eigenvalue weighted by Gasteiger charge is 2.10. The number of hydrogen-bond acceptors (Lipinski definition) is 4. The van der Waals surface area contributed by atoms with Crippen molar-refractivity contribution in [1.82, 2.24) is 0 Å². The summed E-state index contributed by atoms with van der Waals surface area (Å²) in [6.45, 7) is 3.90. The maximum Gasteiger partial charge on any atom is 0.220 e. The maximum absolute atomic E-state index is 10.4. The van der Waals surface area contributed by atoms with Crippen molar-refractivity contribution < 1.29 is 19.8 Å². The normalized spacial score (nSPS) is 13.1. The Kier molecular flexibility index (Phi) is 13.1. The summed E-state index contributed by atoms with van der Waals surface area (Å²) in [5.41, 5.74) is 9.88. The molecule has 0 aromatic rings. The summed E-state index contributed by atoms with van der Waals surface area (Å²) in [6.07, 6.45) is 2.31. The molecule has 0 aliphatic rings. The van der Waals surface area contributed by atoms with Crippen LogP contribution in [0, 0.1) is 11.8 Å². The fourth-order valence-corrected chi connectivity index (χ4v) is 1.33. The molecule has 0 aliphatic carbocycles. The van der Waals surface area contributed by atoms with Crippen LogP contribution < -0.4 is 11.5 Å². The molecule has 108 valence electrons. The lowest BCUT2D eigenvalue weighted by Crippen LogP contribution is -2.23. The number of carbonyl (C=O) groups is 2. The second kappa shape index (κ2) is 12.3. The molecule has 0 aromatic carbocycles. The summed E-state index contributed by atoms with van der Waals surface area (Å²) in [4.78, 5) is 20.7. The highest BCUT2D eigenvalue weighted by molar-refractivity contribution is 5.76. The maximum atomic E-state index is 10.4. The van der Waals surface area contributed by atoms with Gasteiger partial charge in [0.2, 0.25) is 11.8 Å². The second-order valence-electron chi connectivity index (χ2n) is 4.15. The van der Waals surface area contributed by atoms with Crippen LogP contribution in [0.3, 0.4) is 0 Å². The van der Waals surface area contributed by atoms with Crippen LogP contribution in [0.1, 0.15) is 39.5 Å². The van der Waals surface area contributed by atoms with Crippen molar-refractivity contribution in [3.05, 3.63) is 0 Å². The number of rotatable bonds is 8. The Labute approximate surface area is 108 Å². The predicted octanol–water partition coefficient (Wildman–Crippen LogP) is -0.239. The van der Waals surface area contributed by atoms with Gasteiger partial charge in [0, 0.05) is 25.6 Å². The number of hydrogen-bond donors (Lipinski definition) is 4. The van der Waals surface area contributed by atoms with E-state index in [0.717, 1.165) is 12.8 Å². The van der Waals surface area contributed by atoms with E-state index in [1.54, 1.807) is 0 Å². The van der Waals surface area contributed by atoms with E-state index < -0.39 is 0 Å². The Bertz CT molecular complexity index is 230. The first-order valence-electron chi connectivity index (χ1n) is 6.22. The van der Waals surface area contributed by atoms with Gasteiger partial charge in [-0.05, 0) is 18.8 Å². The summed E-state index contributed by atoms with van der Waals surface area (Å²) in [7, 11) is 0. The molecular formula is C12H26N2O4. The number of aliphatic hydroxyl groups is 2. The average molecular weight is 262 g/mol. The van der Waals surface area contributed by atoms with E-state index in [9.17, 15) is 9.59 Å². The van der Waals surface area contributed by atoms with Crippen molar-refractivity contribution in [2.75, 3.05) is 13.2 Å². The Balaban J connectivity index is 0. The molecule has 6 N–H and O–H groups in total. The van der Waals surface area contributed by atoms with Crippen LogP contribution in [0.5, 0.6) is 0 Å². The smallest absolute Gasteiger partial charge is 0.220 e. The zero-order valence-corrected chi connectivity index (χ0v) is 11.3. The van der Waals surface area contributed by atoms with Crippen LogP contribution in [0.2, 0.25) is 0 Å². The Morgan fingerprint density at radius 1 is 1.11 bits per heavy atom. The van der Waals surface area contributed by atoms with E-state index in [1.807, 2.05) is 13.8 Å². The zero-order valence-electron chi connectivity index (χ0n) is 11.3. The van der Waals surface area contributed by atoms with Gasteiger partial charge in [0.25, 0.3) is 0 Å². The molecule has 0 heterocycles. The van der Waals surface area contributed by atoms with Crippen molar-refractivity contribution in [3.63, 3.8) is 0 Å². The standard InChI is InChI=1S/2C6H13NO2/c1-2-5(4-8)3-6(7)9;1-2-5(3-4-8)6(7)9/h2*5,8H,2-4H2,1H3,(H2,7,9). The first-order chi connectivity index (χ1) is 8.42. The summed E-state index contributed by atoms with van der Waals surface area (Å²) in [5, 5.41) is 17.0. The van der Waals surface area contributed by atoms with E-state index in [0.29, 0.717) is 12.8 Å². The quantitative estimate of drug-likeness (QED) is 0.481. The lowest BCUT2D eigenvalue weighted by Gasteiger charge is -2.06. The second-order valence-corrected chi connectivity index (χ2v) is 4.15. The van der Waals surface area contributed by atoms with Crippen LogP contribution in [0.4, 0.5) is 0 Å². The van der Waals surface area contributed by atoms with Gasteiger partial charge in [0.15, 0.2) is 0 Å². The van der Waals surface area contributed by atoms with Crippen molar-refractivity contribution >= 4 is 11.8 Å². The summed E-state index contributed by atoms with van der Waals surface area (Å²) in [5.74, 6) is -0.736. The van der Waals surface area contributed by atoms with Crippen molar-refractivity contribution in [2.24, 2.45) is 23.3 Å². The summed E-state index contributed by atoms with van der Waals surface area (Å²) in [6, 6.07) is 0. The molecule has 0 aromatic heterocycles. The van der Waals surface area contributed by atoms with Gasteiger partial charge in [-0.1, -0.05) is 20.3 Å². The first kappa shape index (κ1) is 19.2. The third-order valence-electron chi connectivity index (χ3n) is 2.70. The predicted molar refractivity (Wildman–Crippen MR) is 69.4 cm³/mol. The molecule has 0 rings (SSSR count). The van der Waals surface area contributed by atoms with Crippen molar-refractivity contribution in [2.45, 2.75) is 39.5 Å². The Morgan fingerprint density at radius 2 is 1.67 bits per heavy atom. The molecule has 18 heavy (non-hydrogen) atoms. The van der Waals surface area contributed by atoms with Crippen LogP contribution in [0.25, 0.3) is 0 Å². The van der Waals surface area contributed by atoms with Gasteiger partial charge in [0.1, 0.15) is 0 Å². The average Bonchev–Trinajstić information content (AvgIpc) is 2.33. The van der Waals surface area contributed by atoms with Gasteiger partial charge in [-0.2, -0.15) is 0 Å². The highest BCUT2D eigenvalue weighted by Crippen LogP contribution is 2.05. The van der Waals surface area contributed by atoms with Gasteiger partial charge in [0.05, 0.1) is 0 Å². The van der Waals surface area contributed by atoms with Gasteiger partial charge < -0.3 is 21.7 Å². The molecule has 0 radical (unpaired) electrons. The third kappa shape index (κ3) is 11.3. The van der Waals surface area contributed by atoms with Crippen LogP contribution in [-0.2, 0) is 9.59 Å². The van der Waals surface area contributed by atoms with Crippen LogP contribution in [-0.4, -0.2) is 35.2 Å². The fraction of sp³-hybridized carbons (Fsp3) is 0.833. The number of primary amides is 2. The van der Waals surface area contributed by atoms with Gasteiger partial charge in [-0.3, -0.25) is 9.59 Å². The molecular weight excluding hydrogens is 236 g/mol.